The molecule has 6 nitrogen and oxygen atoms in total. The molecule has 2 N–H and O–H groups in total. The van der Waals surface area contributed by atoms with Crippen LogP contribution in [-0.2, 0) is 11.3 Å². The molecule has 29 heavy (non-hydrogen) atoms. The van der Waals surface area contributed by atoms with Crippen molar-refractivity contribution in [3.63, 3.8) is 0 Å². The lowest BCUT2D eigenvalue weighted by Gasteiger charge is -2.30. The fourth-order valence-electron chi connectivity index (χ4n) is 4.15. The Kier molecular flexibility index (Phi) is 8.11. The van der Waals surface area contributed by atoms with Crippen LogP contribution in [0.15, 0.2) is 48.0 Å². The Morgan fingerprint density at radius 2 is 2.03 bits per heavy atom. The van der Waals surface area contributed by atoms with Gasteiger partial charge in [0.1, 0.15) is 0 Å². The van der Waals surface area contributed by atoms with Crippen molar-refractivity contribution in [2.24, 2.45) is 10.4 Å². The second-order valence-electron chi connectivity index (χ2n) is 7.80. The lowest BCUT2D eigenvalue weighted by Crippen LogP contribution is -2.43. The Hall–Kier alpha value is -2.34. The third-order valence-electron chi connectivity index (χ3n) is 5.80. The smallest absolute Gasteiger partial charge is 0.191 e. The zero-order chi connectivity index (χ0) is 20.4. The van der Waals surface area contributed by atoms with Crippen molar-refractivity contribution >= 4 is 5.96 Å². The summed E-state index contributed by atoms with van der Waals surface area (Å²) in [5.41, 5.74) is 2.63. The first-order chi connectivity index (χ1) is 14.3. The van der Waals surface area contributed by atoms with Gasteiger partial charge in [-0.05, 0) is 50.2 Å². The molecular formula is C23H35N5O. The highest BCUT2D eigenvalue weighted by Gasteiger charge is 2.33. The minimum absolute atomic E-state index is 0.333. The molecule has 0 saturated heterocycles. The van der Waals surface area contributed by atoms with Crippen molar-refractivity contribution in [2.45, 2.75) is 52.5 Å². The first kappa shape index (κ1) is 21.4. The SMILES string of the molecule is CCNC(=NCc1ccccc1-n1ccnc1)NCC1(CCOCC)CCCC1. The van der Waals surface area contributed by atoms with E-state index in [9.17, 15) is 0 Å². The van der Waals surface area contributed by atoms with Gasteiger partial charge in [0.2, 0.25) is 0 Å². The van der Waals surface area contributed by atoms with Crippen LogP contribution in [0.25, 0.3) is 5.69 Å². The van der Waals surface area contributed by atoms with E-state index in [-0.39, 0.29) is 0 Å². The largest absolute Gasteiger partial charge is 0.382 e. The van der Waals surface area contributed by atoms with Crippen LogP contribution in [0.2, 0.25) is 0 Å². The molecule has 0 radical (unpaired) electrons. The Balaban J connectivity index is 1.66. The third kappa shape index (κ3) is 6.07. The van der Waals surface area contributed by atoms with Gasteiger partial charge in [-0.15, -0.1) is 0 Å². The van der Waals surface area contributed by atoms with Crippen molar-refractivity contribution in [2.75, 3.05) is 26.3 Å². The minimum atomic E-state index is 0.333. The number of ether oxygens (including phenoxy) is 1. The molecule has 0 atom stereocenters. The number of aromatic nitrogens is 2. The molecule has 0 aliphatic heterocycles. The number of imidazole rings is 1. The van der Waals surface area contributed by atoms with Gasteiger partial charge in [-0.25, -0.2) is 9.98 Å². The number of hydrogen-bond donors (Lipinski definition) is 2. The van der Waals surface area contributed by atoms with E-state index in [0.717, 1.165) is 44.4 Å². The normalized spacial score (nSPS) is 16.1. The summed E-state index contributed by atoms with van der Waals surface area (Å²) in [6, 6.07) is 8.35. The molecule has 1 heterocycles. The summed E-state index contributed by atoms with van der Waals surface area (Å²) >= 11 is 0. The highest BCUT2D eigenvalue weighted by Crippen LogP contribution is 2.40. The minimum Gasteiger partial charge on any atom is -0.382 e. The van der Waals surface area contributed by atoms with Gasteiger partial charge in [-0.3, -0.25) is 0 Å². The number of para-hydroxylation sites is 1. The van der Waals surface area contributed by atoms with Crippen LogP contribution in [0.1, 0.15) is 51.5 Å². The fraction of sp³-hybridized carbons (Fsp3) is 0.565. The second-order valence-corrected chi connectivity index (χ2v) is 7.80. The molecule has 1 aromatic carbocycles. The van der Waals surface area contributed by atoms with Gasteiger partial charge in [0, 0.05) is 38.7 Å². The van der Waals surface area contributed by atoms with Crippen LogP contribution < -0.4 is 10.6 Å². The number of benzene rings is 1. The number of guanidine groups is 1. The van der Waals surface area contributed by atoms with Crippen LogP contribution in [0, 0.1) is 5.41 Å². The van der Waals surface area contributed by atoms with E-state index in [2.05, 4.69) is 47.7 Å². The Bertz CT molecular complexity index is 750. The first-order valence-corrected chi connectivity index (χ1v) is 10.9. The average Bonchev–Trinajstić information content (AvgIpc) is 3.43. The van der Waals surface area contributed by atoms with E-state index in [1.165, 1.54) is 31.2 Å². The van der Waals surface area contributed by atoms with Gasteiger partial charge in [0.25, 0.3) is 0 Å². The van der Waals surface area contributed by atoms with Crippen LogP contribution >= 0.6 is 0 Å². The summed E-state index contributed by atoms with van der Waals surface area (Å²) in [4.78, 5) is 9.04. The molecule has 0 unspecified atom stereocenters. The van der Waals surface area contributed by atoms with Crippen molar-refractivity contribution in [3.8, 4) is 5.69 Å². The number of aliphatic imine (C=N–C) groups is 1. The molecule has 0 spiro atoms. The van der Waals surface area contributed by atoms with E-state index in [1.807, 2.05) is 23.2 Å². The van der Waals surface area contributed by atoms with Gasteiger partial charge in [0.05, 0.1) is 18.6 Å². The summed E-state index contributed by atoms with van der Waals surface area (Å²) in [5.74, 6) is 0.885. The third-order valence-corrected chi connectivity index (χ3v) is 5.80. The maximum Gasteiger partial charge on any atom is 0.191 e. The second kappa shape index (κ2) is 11.0. The van der Waals surface area contributed by atoms with Gasteiger partial charge in [-0.2, -0.15) is 0 Å². The lowest BCUT2D eigenvalue weighted by molar-refractivity contribution is 0.105. The maximum absolute atomic E-state index is 5.65. The summed E-state index contributed by atoms with van der Waals surface area (Å²) in [5, 5.41) is 7.02. The highest BCUT2D eigenvalue weighted by atomic mass is 16.5. The Morgan fingerprint density at radius 3 is 2.76 bits per heavy atom. The van der Waals surface area contributed by atoms with Crippen LogP contribution in [0.4, 0.5) is 0 Å². The van der Waals surface area contributed by atoms with E-state index >= 15 is 0 Å². The molecule has 1 fully saturated rings. The van der Waals surface area contributed by atoms with Gasteiger partial charge in [-0.1, -0.05) is 31.0 Å². The number of nitrogens with one attached hydrogen (secondary N) is 2. The molecule has 0 amide bonds. The van der Waals surface area contributed by atoms with E-state index in [4.69, 9.17) is 9.73 Å². The maximum atomic E-state index is 5.65. The van der Waals surface area contributed by atoms with E-state index in [0.29, 0.717) is 12.0 Å². The van der Waals surface area contributed by atoms with Crippen LogP contribution in [0.5, 0.6) is 0 Å². The summed E-state index contributed by atoms with van der Waals surface area (Å²) in [6.45, 7) is 8.24. The molecular weight excluding hydrogens is 362 g/mol. The average molecular weight is 398 g/mol. The molecule has 1 aliphatic carbocycles. The van der Waals surface area contributed by atoms with Crippen LogP contribution in [0.3, 0.4) is 0 Å². The zero-order valence-electron chi connectivity index (χ0n) is 17.9. The van der Waals surface area contributed by atoms with Crippen molar-refractivity contribution in [3.05, 3.63) is 48.5 Å². The molecule has 3 rings (SSSR count). The number of rotatable bonds is 10. The van der Waals surface area contributed by atoms with Gasteiger partial charge in [0.15, 0.2) is 5.96 Å². The molecule has 1 saturated carbocycles. The first-order valence-electron chi connectivity index (χ1n) is 10.9. The van der Waals surface area contributed by atoms with Gasteiger partial charge >= 0.3 is 0 Å². The van der Waals surface area contributed by atoms with Crippen LogP contribution in [-0.4, -0.2) is 41.8 Å². The lowest BCUT2D eigenvalue weighted by atomic mass is 9.83. The molecule has 2 aromatic rings. The molecule has 158 valence electrons. The number of nitrogens with zero attached hydrogens (tertiary/aromatic N) is 3. The Morgan fingerprint density at radius 1 is 1.21 bits per heavy atom. The van der Waals surface area contributed by atoms with Gasteiger partial charge < -0.3 is 19.9 Å². The highest BCUT2D eigenvalue weighted by molar-refractivity contribution is 5.79. The van der Waals surface area contributed by atoms with Crippen molar-refractivity contribution in [1.29, 1.82) is 0 Å². The van der Waals surface area contributed by atoms with E-state index < -0.39 is 0 Å². The quantitative estimate of drug-likeness (QED) is 0.362. The predicted molar refractivity (Wildman–Crippen MR) is 118 cm³/mol. The summed E-state index contributed by atoms with van der Waals surface area (Å²) in [6.07, 6.45) is 11.9. The zero-order valence-corrected chi connectivity index (χ0v) is 17.9. The molecule has 1 aromatic heterocycles. The molecule has 1 aliphatic rings. The summed E-state index contributed by atoms with van der Waals surface area (Å²) in [7, 11) is 0. The number of hydrogen-bond acceptors (Lipinski definition) is 3. The topological polar surface area (TPSA) is 63.5 Å². The molecule has 0 bridgehead atoms. The van der Waals surface area contributed by atoms with Crippen molar-refractivity contribution in [1.82, 2.24) is 20.2 Å². The Labute approximate surface area is 174 Å². The summed E-state index contributed by atoms with van der Waals surface area (Å²) < 4.78 is 7.68. The molecule has 6 heteroatoms. The fourth-order valence-corrected chi connectivity index (χ4v) is 4.15. The van der Waals surface area contributed by atoms with Crippen molar-refractivity contribution < 1.29 is 4.74 Å². The standard InChI is InChI=1S/C23H35N5O/c1-3-25-22(27-18-23(11-7-8-12-23)13-16-29-4-2)26-17-20-9-5-6-10-21(20)28-15-14-24-19-28/h5-6,9-10,14-15,19H,3-4,7-8,11-13,16-18H2,1-2H3,(H2,25,26,27). The monoisotopic (exact) mass is 397 g/mol. The predicted octanol–water partition coefficient (Wildman–Crippen LogP) is 3.91. The van der Waals surface area contributed by atoms with E-state index in [1.54, 1.807) is 6.20 Å².